The molecule has 4 heteroatoms. The molecule has 0 bridgehead atoms. The van der Waals surface area contributed by atoms with Crippen molar-refractivity contribution in [3.8, 4) is 0 Å². The van der Waals surface area contributed by atoms with Crippen molar-refractivity contribution in [2.75, 3.05) is 6.54 Å². The van der Waals surface area contributed by atoms with Gasteiger partial charge in [0, 0.05) is 6.04 Å². The van der Waals surface area contributed by atoms with E-state index in [1.54, 1.807) is 0 Å². The molecule has 1 heterocycles. The molecule has 0 aliphatic carbocycles. The molecule has 88 valence electrons. The van der Waals surface area contributed by atoms with E-state index in [0.717, 1.165) is 31.5 Å². The lowest BCUT2D eigenvalue weighted by molar-refractivity contribution is 0.376. The van der Waals surface area contributed by atoms with Gasteiger partial charge < -0.3 is 5.32 Å². The zero-order chi connectivity index (χ0) is 11.7. The van der Waals surface area contributed by atoms with Gasteiger partial charge in [-0.05, 0) is 49.9 Å². The maximum Gasteiger partial charge on any atom is 0.194 e. The number of hydrogen-bond donors (Lipinski definition) is 1. The first-order valence-corrected chi connectivity index (χ1v) is 5.45. The van der Waals surface area contributed by atoms with Crippen LogP contribution in [0.25, 0.3) is 0 Å². The fraction of sp³-hybridized carbons (Fsp3) is 0.500. The van der Waals surface area contributed by atoms with E-state index in [0.29, 0.717) is 11.6 Å². The van der Waals surface area contributed by atoms with Crippen molar-refractivity contribution in [3.05, 3.63) is 35.1 Å². The second-order valence-corrected chi connectivity index (χ2v) is 4.38. The van der Waals surface area contributed by atoms with Crippen LogP contribution in [0.15, 0.2) is 12.1 Å². The molecule has 1 N–H and O–H groups in total. The van der Waals surface area contributed by atoms with E-state index in [2.05, 4.69) is 5.32 Å². The van der Waals surface area contributed by atoms with Crippen molar-refractivity contribution >= 4 is 0 Å². The maximum atomic E-state index is 13.1. The fourth-order valence-corrected chi connectivity index (χ4v) is 2.25. The highest BCUT2D eigenvalue weighted by Crippen LogP contribution is 2.29. The van der Waals surface area contributed by atoms with Gasteiger partial charge in [0.1, 0.15) is 0 Å². The van der Waals surface area contributed by atoms with Gasteiger partial charge in [0.2, 0.25) is 0 Å². The summed E-state index contributed by atoms with van der Waals surface area (Å²) in [6.07, 6.45) is 1.65. The predicted octanol–water partition coefficient (Wildman–Crippen LogP) is 2.96. The molecule has 0 amide bonds. The molecule has 1 aromatic rings. The molecular weight excluding hydrogens is 215 g/mol. The molecule has 1 aliphatic rings. The van der Waals surface area contributed by atoms with Gasteiger partial charge in [-0.15, -0.1) is 0 Å². The topological polar surface area (TPSA) is 12.0 Å². The van der Waals surface area contributed by atoms with Crippen LogP contribution < -0.4 is 5.32 Å². The van der Waals surface area contributed by atoms with Crippen LogP contribution >= 0.6 is 0 Å². The van der Waals surface area contributed by atoms with Gasteiger partial charge in [-0.2, -0.15) is 0 Å². The van der Waals surface area contributed by atoms with Gasteiger partial charge in [-0.25, -0.2) is 13.2 Å². The number of nitrogens with one attached hydrogen (secondary N) is 1. The molecule has 1 nitrogen and oxygen atoms in total. The lowest BCUT2D eigenvalue weighted by Crippen LogP contribution is -2.34. The molecule has 1 fully saturated rings. The quantitative estimate of drug-likeness (QED) is 0.730. The Balaban J connectivity index is 2.26. The van der Waals surface area contributed by atoms with Crippen LogP contribution in [-0.2, 0) is 0 Å². The van der Waals surface area contributed by atoms with Crippen molar-refractivity contribution in [3.63, 3.8) is 0 Å². The molecule has 1 aromatic carbocycles. The molecule has 1 aliphatic heterocycles. The summed E-state index contributed by atoms with van der Waals surface area (Å²) in [6.45, 7) is 2.86. The van der Waals surface area contributed by atoms with Gasteiger partial charge in [-0.3, -0.25) is 0 Å². The van der Waals surface area contributed by atoms with Crippen LogP contribution in [0.2, 0.25) is 0 Å². The average Bonchev–Trinajstić information content (AvgIpc) is 2.25. The molecule has 0 saturated carbocycles. The first kappa shape index (κ1) is 11.5. The van der Waals surface area contributed by atoms with E-state index in [1.807, 2.05) is 6.92 Å². The number of benzene rings is 1. The lowest BCUT2D eigenvalue weighted by Gasteiger charge is -2.28. The zero-order valence-corrected chi connectivity index (χ0v) is 9.06. The standard InChI is InChI=1S/C12H14F3N/c1-7-4-8(2-3-16-7)9-5-10(13)12(15)11(14)6-9/h5-8,16H,2-4H2,1H3. The van der Waals surface area contributed by atoms with E-state index in [9.17, 15) is 13.2 Å². The van der Waals surface area contributed by atoms with Crippen LogP contribution in [0.3, 0.4) is 0 Å². The van der Waals surface area contributed by atoms with Crippen LogP contribution in [0.4, 0.5) is 13.2 Å². The molecule has 16 heavy (non-hydrogen) atoms. The lowest BCUT2D eigenvalue weighted by atomic mass is 9.87. The van der Waals surface area contributed by atoms with Crippen molar-refractivity contribution < 1.29 is 13.2 Å². The Morgan fingerprint density at radius 3 is 2.38 bits per heavy atom. The molecule has 0 radical (unpaired) electrons. The Kier molecular flexibility index (Phi) is 3.19. The highest BCUT2D eigenvalue weighted by molar-refractivity contribution is 5.23. The Bertz CT molecular complexity index is 369. The highest BCUT2D eigenvalue weighted by Gasteiger charge is 2.22. The average molecular weight is 229 g/mol. The zero-order valence-electron chi connectivity index (χ0n) is 9.06. The molecule has 2 unspecified atom stereocenters. The van der Waals surface area contributed by atoms with Crippen LogP contribution in [0.5, 0.6) is 0 Å². The Labute approximate surface area is 92.7 Å². The van der Waals surface area contributed by atoms with Gasteiger partial charge in [0.05, 0.1) is 0 Å². The second kappa shape index (κ2) is 4.45. The van der Waals surface area contributed by atoms with Crippen LogP contribution in [0, 0.1) is 17.5 Å². The highest BCUT2D eigenvalue weighted by atomic mass is 19.2. The van der Waals surface area contributed by atoms with Crippen molar-refractivity contribution in [1.82, 2.24) is 5.32 Å². The summed E-state index contributed by atoms with van der Waals surface area (Å²) in [7, 11) is 0. The van der Waals surface area contributed by atoms with E-state index >= 15 is 0 Å². The van der Waals surface area contributed by atoms with Crippen molar-refractivity contribution in [2.24, 2.45) is 0 Å². The van der Waals surface area contributed by atoms with Crippen molar-refractivity contribution in [2.45, 2.75) is 31.7 Å². The molecule has 0 aromatic heterocycles. The number of halogens is 3. The monoisotopic (exact) mass is 229 g/mol. The number of rotatable bonds is 1. The fourth-order valence-electron chi connectivity index (χ4n) is 2.25. The SMILES string of the molecule is CC1CC(c2cc(F)c(F)c(F)c2)CCN1. The minimum absolute atomic E-state index is 0.112. The summed E-state index contributed by atoms with van der Waals surface area (Å²) in [5.41, 5.74) is 0.560. The predicted molar refractivity (Wildman–Crippen MR) is 55.8 cm³/mol. The summed E-state index contributed by atoms with van der Waals surface area (Å²) in [4.78, 5) is 0. The first-order chi connectivity index (χ1) is 7.58. The van der Waals surface area contributed by atoms with Gasteiger partial charge in [0.25, 0.3) is 0 Å². The largest absolute Gasteiger partial charge is 0.314 e. The van der Waals surface area contributed by atoms with Crippen LogP contribution in [-0.4, -0.2) is 12.6 Å². The third kappa shape index (κ3) is 2.21. The third-order valence-electron chi connectivity index (χ3n) is 3.10. The van der Waals surface area contributed by atoms with Gasteiger partial charge >= 0.3 is 0 Å². The summed E-state index contributed by atoms with van der Waals surface area (Å²) < 4.78 is 38.9. The minimum Gasteiger partial charge on any atom is -0.314 e. The Morgan fingerprint density at radius 2 is 1.81 bits per heavy atom. The molecule has 1 saturated heterocycles. The van der Waals surface area contributed by atoms with Crippen molar-refractivity contribution in [1.29, 1.82) is 0 Å². The van der Waals surface area contributed by atoms with E-state index in [4.69, 9.17) is 0 Å². The molecular formula is C12H14F3N. The van der Waals surface area contributed by atoms with Crippen LogP contribution in [0.1, 0.15) is 31.2 Å². The Morgan fingerprint density at radius 1 is 1.19 bits per heavy atom. The summed E-state index contributed by atoms with van der Waals surface area (Å²) in [5.74, 6) is -3.46. The minimum atomic E-state index is -1.38. The number of piperidine rings is 1. The Hall–Kier alpha value is -1.03. The summed E-state index contributed by atoms with van der Waals surface area (Å²) >= 11 is 0. The third-order valence-corrected chi connectivity index (χ3v) is 3.10. The molecule has 0 spiro atoms. The number of hydrogen-bond acceptors (Lipinski definition) is 1. The van der Waals surface area contributed by atoms with Gasteiger partial charge in [0.15, 0.2) is 17.5 Å². The summed E-state index contributed by atoms with van der Waals surface area (Å²) in [6, 6.07) is 2.55. The van der Waals surface area contributed by atoms with E-state index < -0.39 is 17.5 Å². The normalized spacial score (nSPS) is 25.8. The van der Waals surface area contributed by atoms with E-state index in [1.165, 1.54) is 0 Å². The van der Waals surface area contributed by atoms with E-state index in [-0.39, 0.29) is 5.92 Å². The first-order valence-electron chi connectivity index (χ1n) is 5.45. The smallest absolute Gasteiger partial charge is 0.194 e. The molecule has 2 rings (SSSR count). The summed E-state index contributed by atoms with van der Waals surface area (Å²) in [5, 5.41) is 3.26. The maximum absolute atomic E-state index is 13.1. The second-order valence-electron chi connectivity index (χ2n) is 4.38. The molecule has 2 atom stereocenters. The van der Waals surface area contributed by atoms with Gasteiger partial charge in [-0.1, -0.05) is 0 Å².